The minimum absolute atomic E-state index is 6.61. The first-order valence-electron chi connectivity index (χ1n) is 1.33. The van der Waals surface area contributed by atoms with Crippen LogP contribution in [-0.4, -0.2) is 4.18 Å². The van der Waals surface area contributed by atoms with Gasteiger partial charge in [0.25, 0.3) is 0 Å². The van der Waals surface area contributed by atoms with E-state index in [-0.39, 0.29) is 0 Å². The van der Waals surface area contributed by atoms with Crippen molar-refractivity contribution in [2.24, 2.45) is 0 Å². The third-order valence-corrected chi connectivity index (χ3v) is 2.17. The molecule has 0 aromatic carbocycles. The monoisotopic (exact) mass is 272 g/mol. The Morgan fingerprint density at radius 1 is 0.778 bits per heavy atom. The number of halogens is 8. The maximum absolute atomic E-state index is 10.6. The van der Waals surface area contributed by atoms with Crippen molar-refractivity contribution < 1.29 is 24.6 Å². The van der Waals surface area contributed by atoms with Crippen molar-refractivity contribution in [3.05, 3.63) is 0 Å². The van der Waals surface area contributed by atoms with E-state index in [0.717, 1.165) is 0 Å². The Labute approximate surface area is 48.8 Å². The molecule has 0 aromatic heterocycles. The molecule has 0 atom stereocenters. The average molecular weight is 272 g/mol. The minimum atomic E-state index is -9.88. The van der Waals surface area contributed by atoms with Gasteiger partial charge in [0, 0.05) is 0 Å². The topological polar surface area (TPSA) is 0 Å². The van der Waals surface area contributed by atoms with E-state index in [9.17, 15) is 24.6 Å². The van der Waals surface area contributed by atoms with Crippen molar-refractivity contribution in [2.75, 3.05) is 0 Å². The van der Waals surface area contributed by atoms with Crippen molar-refractivity contribution in [3.8, 4) is 0 Å². The summed E-state index contributed by atoms with van der Waals surface area (Å²) in [6.45, 7) is 0. The molecule has 0 bridgehead atoms. The molecule has 0 rings (SSSR count). The van der Waals surface area contributed by atoms with Crippen LogP contribution in [0.4, 0.5) is 24.6 Å². The summed E-state index contributed by atoms with van der Waals surface area (Å²) in [6, 6.07) is 0. The molecule has 60 valence electrons. The van der Waals surface area contributed by atoms with Gasteiger partial charge in [-0.25, -0.2) is 0 Å². The first kappa shape index (κ1) is 9.24. The summed E-state index contributed by atoms with van der Waals surface area (Å²) in [4.78, 5) is 0. The Morgan fingerprint density at radius 3 is 0.889 bits per heavy atom. The Hall–Kier alpha value is 0.240. The number of rotatable bonds is 0. The molecule has 0 nitrogen and oxygen atoms in total. The summed E-state index contributed by atoms with van der Waals surface area (Å²) < 4.78 is 67.6. The molecule has 0 heterocycles. The van der Waals surface area contributed by atoms with Crippen molar-refractivity contribution >= 4 is 19.3 Å². The second-order valence-electron chi connectivity index (χ2n) is 1.04. The Balaban J connectivity index is 4.56. The van der Waals surface area contributed by atoms with E-state index in [4.69, 9.17) is 0 Å². The second kappa shape index (κ2) is 1.64. The average Bonchev–Trinajstić information content (AvgIpc) is 1.20. The standard InChI is InChI=1S/CF7I/c2-1(3,4)9(5,6,7)8. The summed E-state index contributed by atoms with van der Waals surface area (Å²) in [5.74, 6) is 0. The van der Waals surface area contributed by atoms with Gasteiger partial charge in [0.1, 0.15) is 0 Å². The summed E-state index contributed by atoms with van der Waals surface area (Å²) >= 11 is -9.88. The summed E-state index contributed by atoms with van der Waals surface area (Å²) in [5.41, 5.74) is 0. The van der Waals surface area contributed by atoms with E-state index in [1.54, 1.807) is 0 Å². The molecule has 0 aliphatic rings. The van der Waals surface area contributed by atoms with E-state index in [1.165, 1.54) is 0 Å². The molecule has 0 aliphatic carbocycles. The van der Waals surface area contributed by atoms with E-state index in [1.807, 2.05) is 0 Å². The number of hydrogen-bond donors (Lipinski definition) is 0. The Bertz CT molecular complexity index is 104. The van der Waals surface area contributed by atoms with Crippen LogP contribution in [0.1, 0.15) is 0 Å². The third-order valence-electron chi connectivity index (χ3n) is 0.324. The first-order valence-corrected chi connectivity index (χ1v) is 5.67. The van der Waals surface area contributed by atoms with Crippen LogP contribution in [-0.2, 0) is 0 Å². The number of hydrogen-bond acceptors (Lipinski definition) is 0. The van der Waals surface area contributed by atoms with Gasteiger partial charge in [-0.05, 0) is 0 Å². The normalized spacial score (nSPS) is 18.8. The molecule has 0 fully saturated rings. The van der Waals surface area contributed by atoms with Crippen molar-refractivity contribution in [3.63, 3.8) is 0 Å². The third kappa shape index (κ3) is 2.14. The quantitative estimate of drug-likeness (QED) is 0.359. The molecule has 0 saturated carbocycles. The molecule has 8 heteroatoms. The van der Waals surface area contributed by atoms with E-state index >= 15 is 0 Å². The van der Waals surface area contributed by atoms with Crippen LogP contribution in [0.15, 0.2) is 0 Å². The Kier molecular flexibility index (Phi) is 1.68. The van der Waals surface area contributed by atoms with Gasteiger partial charge in [-0.15, -0.1) is 0 Å². The predicted octanol–water partition coefficient (Wildman–Crippen LogP) is 3.62. The molecule has 0 saturated heterocycles. The van der Waals surface area contributed by atoms with Crippen LogP contribution >= 0.6 is 19.3 Å². The van der Waals surface area contributed by atoms with Gasteiger partial charge in [0.05, 0.1) is 0 Å². The first-order chi connectivity index (χ1) is 3.51. The van der Waals surface area contributed by atoms with E-state index < -0.39 is 23.5 Å². The second-order valence-corrected chi connectivity index (χ2v) is 5.74. The fraction of sp³-hybridized carbons (Fsp3) is 1.00. The molecule has 9 heavy (non-hydrogen) atoms. The molecule has 0 amide bonds. The zero-order valence-corrected chi connectivity index (χ0v) is 5.68. The van der Waals surface area contributed by atoms with Crippen LogP contribution < -0.4 is 0 Å². The van der Waals surface area contributed by atoms with Gasteiger partial charge in [0.15, 0.2) is 0 Å². The van der Waals surface area contributed by atoms with Gasteiger partial charge >= 0.3 is 48.1 Å². The molecule has 0 radical (unpaired) electrons. The molecule has 0 N–H and O–H groups in total. The maximum atomic E-state index is 10.6. The molecule has 0 aliphatic heterocycles. The van der Waals surface area contributed by atoms with Crippen molar-refractivity contribution in [1.82, 2.24) is 0 Å². The van der Waals surface area contributed by atoms with Gasteiger partial charge in [0.2, 0.25) is 0 Å². The van der Waals surface area contributed by atoms with E-state index in [2.05, 4.69) is 0 Å². The fourth-order valence-corrected chi connectivity index (χ4v) is 0. The summed E-state index contributed by atoms with van der Waals surface area (Å²) in [6.07, 6.45) is 0. The molecular formula is CF7I. The van der Waals surface area contributed by atoms with Crippen LogP contribution in [0.3, 0.4) is 0 Å². The van der Waals surface area contributed by atoms with Crippen LogP contribution in [0, 0.1) is 0 Å². The van der Waals surface area contributed by atoms with Crippen molar-refractivity contribution in [2.45, 2.75) is 4.18 Å². The zero-order chi connectivity index (χ0) is 7.95. The predicted molar refractivity (Wildman–Crippen MR) is 24.5 cm³/mol. The van der Waals surface area contributed by atoms with Gasteiger partial charge < -0.3 is 0 Å². The summed E-state index contributed by atoms with van der Waals surface area (Å²) in [7, 11) is 0. The SMILES string of the molecule is FC(F)(F)I(F)(F)(F)F. The Morgan fingerprint density at radius 2 is 0.889 bits per heavy atom. The molecule has 0 unspecified atom stereocenters. The molecular weight excluding hydrogens is 272 g/mol. The van der Waals surface area contributed by atoms with Gasteiger partial charge in [-0.2, -0.15) is 0 Å². The van der Waals surface area contributed by atoms with Crippen LogP contribution in [0.2, 0.25) is 0 Å². The number of alkyl halides is 4. The fourth-order valence-electron chi connectivity index (χ4n) is 0. The van der Waals surface area contributed by atoms with Crippen LogP contribution in [0.5, 0.6) is 0 Å². The van der Waals surface area contributed by atoms with Crippen molar-refractivity contribution in [1.29, 1.82) is 0 Å². The zero-order valence-electron chi connectivity index (χ0n) is 3.52. The molecule has 0 spiro atoms. The van der Waals surface area contributed by atoms with Gasteiger partial charge in [-0.1, -0.05) is 0 Å². The van der Waals surface area contributed by atoms with Gasteiger partial charge in [-0.3, -0.25) is 0 Å². The molecule has 0 aromatic rings. The van der Waals surface area contributed by atoms with E-state index in [0.29, 0.717) is 0 Å². The summed E-state index contributed by atoms with van der Waals surface area (Å²) in [5, 5.41) is 0. The van der Waals surface area contributed by atoms with Crippen LogP contribution in [0.25, 0.3) is 0 Å².